The summed E-state index contributed by atoms with van der Waals surface area (Å²) in [5.74, 6) is -0.217. The second-order valence-electron chi connectivity index (χ2n) is 3.74. The van der Waals surface area contributed by atoms with E-state index in [1.807, 2.05) is 0 Å². The molecule has 76 valence electrons. The Hall–Kier alpha value is -0.930. The van der Waals surface area contributed by atoms with Crippen molar-refractivity contribution in [3.63, 3.8) is 0 Å². The summed E-state index contributed by atoms with van der Waals surface area (Å²) >= 11 is 0. The van der Waals surface area contributed by atoms with E-state index in [1.165, 1.54) is 12.1 Å². The summed E-state index contributed by atoms with van der Waals surface area (Å²) in [7, 11) is 0. The van der Waals surface area contributed by atoms with Gasteiger partial charge in [0, 0.05) is 6.04 Å². The van der Waals surface area contributed by atoms with Crippen LogP contribution < -0.4 is 5.32 Å². The van der Waals surface area contributed by atoms with E-state index in [9.17, 15) is 9.50 Å². The van der Waals surface area contributed by atoms with E-state index in [4.69, 9.17) is 0 Å². The first-order valence-corrected chi connectivity index (χ1v) is 4.92. The largest absolute Gasteiger partial charge is 0.393 e. The second kappa shape index (κ2) is 4.07. The minimum absolute atomic E-state index is 0.166. The number of aliphatic hydroxyl groups excluding tert-OH is 1. The van der Waals surface area contributed by atoms with Crippen LogP contribution in [-0.2, 0) is 0 Å². The molecule has 0 radical (unpaired) electrons. The van der Waals surface area contributed by atoms with Gasteiger partial charge in [-0.3, -0.25) is 0 Å². The maximum Gasteiger partial charge on any atom is 0.123 e. The number of benzene rings is 1. The van der Waals surface area contributed by atoms with Gasteiger partial charge in [-0.25, -0.2) is 4.39 Å². The van der Waals surface area contributed by atoms with Crippen LogP contribution in [0.15, 0.2) is 24.3 Å². The van der Waals surface area contributed by atoms with Crippen LogP contribution in [0.4, 0.5) is 4.39 Å². The topological polar surface area (TPSA) is 32.3 Å². The first-order valence-electron chi connectivity index (χ1n) is 4.92. The number of hydrogen-bond acceptors (Lipinski definition) is 2. The molecule has 0 aromatic heterocycles. The van der Waals surface area contributed by atoms with E-state index in [0.717, 1.165) is 18.5 Å². The van der Waals surface area contributed by atoms with Gasteiger partial charge in [-0.15, -0.1) is 0 Å². The molecule has 0 aliphatic carbocycles. The molecule has 0 saturated carbocycles. The van der Waals surface area contributed by atoms with E-state index < -0.39 is 0 Å². The Bertz CT molecular complexity index is 299. The van der Waals surface area contributed by atoms with Crippen molar-refractivity contribution in [1.29, 1.82) is 0 Å². The molecule has 0 amide bonds. The van der Waals surface area contributed by atoms with Crippen LogP contribution in [0.5, 0.6) is 0 Å². The molecule has 1 aromatic carbocycles. The molecule has 0 bridgehead atoms. The fourth-order valence-corrected chi connectivity index (χ4v) is 1.85. The van der Waals surface area contributed by atoms with Crippen LogP contribution in [0.25, 0.3) is 0 Å². The lowest BCUT2D eigenvalue weighted by molar-refractivity contribution is 0.116. The SMILES string of the molecule is OC1CCNC(c2ccc(F)cc2)C1. The van der Waals surface area contributed by atoms with Crippen molar-refractivity contribution >= 4 is 0 Å². The number of piperidine rings is 1. The Morgan fingerprint density at radius 3 is 2.64 bits per heavy atom. The number of rotatable bonds is 1. The van der Waals surface area contributed by atoms with Crippen LogP contribution in [0, 0.1) is 5.82 Å². The minimum atomic E-state index is -0.230. The van der Waals surface area contributed by atoms with E-state index in [-0.39, 0.29) is 18.0 Å². The van der Waals surface area contributed by atoms with Gasteiger partial charge >= 0.3 is 0 Å². The maximum absolute atomic E-state index is 12.7. The highest BCUT2D eigenvalue weighted by molar-refractivity contribution is 5.20. The standard InChI is InChI=1S/C11H14FNO/c12-9-3-1-8(2-4-9)11-7-10(14)5-6-13-11/h1-4,10-11,13-14H,5-7H2. The first kappa shape index (κ1) is 9.62. The van der Waals surface area contributed by atoms with Crippen molar-refractivity contribution in [3.05, 3.63) is 35.6 Å². The zero-order valence-corrected chi connectivity index (χ0v) is 7.91. The summed E-state index contributed by atoms with van der Waals surface area (Å²) in [4.78, 5) is 0. The summed E-state index contributed by atoms with van der Waals surface area (Å²) in [6, 6.07) is 6.62. The summed E-state index contributed by atoms with van der Waals surface area (Å²) in [5, 5.41) is 12.8. The number of halogens is 1. The lowest BCUT2D eigenvalue weighted by atomic mass is 9.96. The van der Waals surface area contributed by atoms with Gasteiger partial charge in [0.1, 0.15) is 5.82 Å². The molecule has 14 heavy (non-hydrogen) atoms. The number of nitrogens with one attached hydrogen (secondary N) is 1. The summed E-state index contributed by atoms with van der Waals surface area (Å²) in [6.07, 6.45) is 1.29. The summed E-state index contributed by atoms with van der Waals surface area (Å²) < 4.78 is 12.7. The molecule has 1 saturated heterocycles. The zero-order valence-electron chi connectivity index (χ0n) is 7.91. The van der Waals surface area contributed by atoms with Crippen LogP contribution >= 0.6 is 0 Å². The van der Waals surface area contributed by atoms with Gasteiger partial charge in [0.2, 0.25) is 0 Å². The van der Waals surface area contributed by atoms with Crippen LogP contribution in [0.2, 0.25) is 0 Å². The van der Waals surface area contributed by atoms with E-state index in [0.29, 0.717) is 6.42 Å². The third-order valence-corrected chi connectivity index (χ3v) is 2.65. The highest BCUT2D eigenvalue weighted by atomic mass is 19.1. The first-order chi connectivity index (χ1) is 6.75. The van der Waals surface area contributed by atoms with Gasteiger partial charge in [0.25, 0.3) is 0 Å². The Morgan fingerprint density at radius 1 is 1.29 bits per heavy atom. The number of hydrogen-bond donors (Lipinski definition) is 2. The van der Waals surface area contributed by atoms with Gasteiger partial charge in [-0.1, -0.05) is 12.1 Å². The highest BCUT2D eigenvalue weighted by Gasteiger charge is 2.20. The molecule has 3 heteroatoms. The van der Waals surface area contributed by atoms with E-state index in [2.05, 4.69) is 5.32 Å². The molecule has 2 nitrogen and oxygen atoms in total. The van der Waals surface area contributed by atoms with Crippen molar-refractivity contribution in [2.45, 2.75) is 25.0 Å². The predicted octanol–water partition coefficient (Wildman–Crippen LogP) is 1.61. The number of aliphatic hydroxyl groups is 1. The second-order valence-corrected chi connectivity index (χ2v) is 3.74. The quantitative estimate of drug-likeness (QED) is 0.713. The molecule has 2 N–H and O–H groups in total. The Balaban J connectivity index is 2.10. The van der Waals surface area contributed by atoms with Gasteiger partial charge in [0.15, 0.2) is 0 Å². The predicted molar refractivity (Wildman–Crippen MR) is 52.4 cm³/mol. The molecule has 2 rings (SSSR count). The van der Waals surface area contributed by atoms with Crippen LogP contribution in [-0.4, -0.2) is 17.8 Å². The summed E-state index contributed by atoms with van der Waals surface area (Å²) in [6.45, 7) is 0.823. The molecule has 1 aliphatic heterocycles. The van der Waals surface area contributed by atoms with E-state index in [1.54, 1.807) is 12.1 Å². The van der Waals surface area contributed by atoms with E-state index >= 15 is 0 Å². The molecule has 1 heterocycles. The lowest BCUT2D eigenvalue weighted by Gasteiger charge is -2.27. The monoisotopic (exact) mass is 195 g/mol. The molecule has 2 atom stereocenters. The molecular formula is C11H14FNO. The molecule has 0 spiro atoms. The van der Waals surface area contributed by atoms with Crippen molar-refractivity contribution < 1.29 is 9.50 Å². The van der Waals surface area contributed by atoms with Crippen molar-refractivity contribution in [2.75, 3.05) is 6.54 Å². The average Bonchev–Trinajstić information content (AvgIpc) is 2.19. The highest BCUT2D eigenvalue weighted by Crippen LogP contribution is 2.23. The fourth-order valence-electron chi connectivity index (χ4n) is 1.85. The Kier molecular flexibility index (Phi) is 2.79. The normalized spacial score (nSPS) is 27.6. The molecule has 1 aliphatic rings. The average molecular weight is 195 g/mol. The van der Waals surface area contributed by atoms with Gasteiger partial charge < -0.3 is 10.4 Å². The van der Waals surface area contributed by atoms with Crippen molar-refractivity contribution in [1.82, 2.24) is 5.32 Å². The Labute approximate surface area is 82.8 Å². The lowest BCUT2D eigenvalue weighted by Crippen LogP contribution is -2.34. The molecular weight excluding hydrogens is 181 g/mol. The zero-order chi connectivity index (χ0) is 9.97. The summed E-state index contributed by atoms with van der Waals surface area (Å²) in [5.41, 5.74) is 1.05. The third-order valence-electron chi connectivity index (χ3n) is 2.65. The van der Waals surface area contributed by atoms with Gasteiger partial charge in [0.05, 0.1) is 6.10 Å². The fraction of sp³-hybridized carbons (Fsp3) is 0.455. The van der Waals surface area contributed by atoms with Crippen molar-refractivity contribution in [3.8, 4) is 0 Å². The maximum atomic E-state index is 12.7. The van der Waals surface area contributed by atoms with Crippen LogP contribution in [0.1, 0.15) is 24.4 Å². The van der Waals surface area contributed by atoms with Crippen LogP contribution in [0.3, 0.4) is 0 Å². The van der Waals surface area contributed by atoms with Gasteiger partial charge in [-0.05, 0) is 37.1 Å². The smallest absolute Gasteiger partial charge is 0.123 e. The van der Waals surface area contributed by atoms with Gasteiger partial charge in [-0.2, -0.15) is 0 Å². The minimum Gasteiger partial charge on any atom is -0.393 e. The van der Waals surface area contributed by atoms with Crippen molar-refractivity contribution in [2.24, 2.45) is 0 Å². The Morgan fingerprint density at radius 2 is 2.00 bits per heavy atom. The molecule has 1 fully saturated rings. The molecule has 2 unspecified atom stereocenters. The molecule has 1 aromatic rings. The third kappa shape index (κ3) is 2.11.